The average molecular weight is 485 g/mol. The van der Waals surface area contributed by atoms with E-state index >= 15 is 0 Å². The van der Waals surface area contributed by atoms with Crippen LogP contribution in [0.3, 0.4) is 0 Å². The summed E-state index contributed by atoms with van der Waals surface area (Å²) in [6.45, 7) is 2.37. The molecule has 0 radical (unpaired) electrons. The summed E-state index contributed by atoms with van der Waals surface area (Å²) in [6.07, 6.45) is -1.33. The molecule has 2 aromatic carbocycles. The Balaban J connectivity index is 1.18. The Labute approximate surface area is 200 Å². The Bertz CT molecular complexity index is 1130. The standard InChI is InChI=1S/C24H25F2N5O4/c1-13(32)27-9-16-10-31(24(34)35-16)15-7-19(25)22(20(26)8-15)30-11-17-18(12-30)21(17)29-23(33)28-14-5-3-2-4-6-14/h2-8,16-18,21H,9-12H2,1H3,(H,27,32)(H2,28,29,33)/t16-,17-,18+,21?/m0/s1. The Kier molecular flexibility index (Phi) is 5.91. The van der Waals surface area contributed by atoms with E-state index in [9.17, 15) is 23.2 Å². The first-order valence-corrected chi connectivity index (χ1v) is 11.4. The van der Waals surface area contributed by atoms with Crippen LogP contribution >= 0.6 is 0 Å². The maximum Gasteiger partial charge on any atom is 0.414 e. The van der Waals surface area contributed by atoms with Crippen molar-refractivity contribution in [3.63, 3.8) is 0 Å². The number of benzene rings is 2. The van der Waals surface area contributed by atoms with Gasteiger partial charge >= 0.3 is 12.1 Å². The fraction of sp³-hybridized carbons (Fsp3) is 0.375. The van der Waals surface area contributed by atoms with E-state index in [1.54, 1.807) is 17.0 Å². The molecule has 0 spiro atoms. The number of urea groups is 1. The number of hydrogen-bond acceptors (Lipinski definition) is 5. The van der Waals surface area contributed by atoms with Crippen LogP contribution in [-0.2, 0) is 9.53 Å². The van der Waals surface area contributed by atoms with Gasteiger partial charge in [0.1, 0.15) is 11.8 Å². The van der Waals surface area contributed by atoms with Gasteiger partial charge in [-0.3, -0.25) is 9.69 Å². The molecule has 1 aliphatic carbocycles. The van der Waals surface area contributed by atoms with Gasteiger partial charge in [-0.25, -0.2) is 18.4 Å². The van der Waals surface area contributed by atoms with Crippen molar-refractivity contribution >= 4 is 35.1 Å². The number of piperidine rings is 1. The van der Waals surface area contributed by atoms with Crippen molar-refractivity contribution in [2.45, 2.75) is 19.1 Å². The molecule has 0 aromatic heterocycles. The van der Waals surface area contributed by atoms with Gasteiger partial charge in [0.15, 0.2) is 11.6 Å². The van der Waals surface area contributed by atoms with E-state index in [-0.39, 0.29) is 54.3 Å². The summed E-state index contributed by atoms with van der Waals surface area (Å²) in [6, 6.07) is 11.0. The van der Waals surface area contributed by atoms with Crippen molar-refractivity contribution in [1.29, 1.82) is 0 Å². The number of anilines is 3. The summed E-state index contributed by atoms with van der Waals surface area (Å²) in [7, 11) is 0. The third-order valence-electron chi connectivity index (χ3n) is 6.61. The lowest BCUT2D eigenvalue weighted by molar-refractivity contribution is -0.119. The molecular weight excluding hydrogens is 460 g/mol. The number of nitrogens with one attached hydrogen (secondary N) is 3. The Morgan fingerprint density at radius 3 is 2.34 bits per heavy atom. The van der Waals surface area contributed by atoms with E-state index in [0.29, 0.717) is 18.8 Å². The zero-order chi connectivity index (χ0) is 24.7. The highest BCUT2D eigenvalue weighted by Crippen LogP contribution is 2.48. The summed E-state index contributed by atoms with van der Waals surface area (Å²) in [5, 5.41) is 8.26. The van der Waals surface area contributed by atoms with Crippen LogP contribution in [0.1, 0.15) is 6.92 Å². The first kappa shape index (κ1) is 22.9. The predicted octanol–water partition coefficient (Wildman–Crippen LogP) is 2.68. The van der Waals surface area contributed by atoms with Gasteiger partial charge in [0.2, 0.25) is 5.91 Å². The Hall–Kier alpha value is -3.89. The van der Waals surface area contributed by atoms with Crippen LogP contribution in [-0.4, -0.2) is 56.4 Å². The zero-order valence-electron chi connectivity index (χ0n) is 19.0. The van der Waals surface area contributed by atoms with Crippen LogP contribution in [0.4, 0.5) is 35.4 Å². The van der Waals surface area contributed by atoms with E-state index in [4.69, 9.17) is 4.74 Å². The van der Waals surface area contributed by atoms with Crippen LogP contribution in [0, 0.1) is 23.5 Å². The van der Waals surface area contributed by atoms with Crippen molar-refractivity contribution in [1.82, 2.24) is 10.6 Å². The van der Waals surface area contributed by atoms with E-state index in [1.807, 2.05) is 18.2 Å². The molecule has 184 valence electrons. The summed E-state index contributed by atoms with van der Waals surface area (Å²) in [5.41, 5.74) is 0.598. The highest BCUT2D eigenvalue weighted by molar-refractivity contribution is 5.90. The monoisotopic (exact) mass is 485 g/mol. The van der Waals surface area contributed by atoms with E-state index in [0.717, 1.165) is 17.0 Å². The van der Waals surface area contributed by atoms with Crippen molar-refractivity contribution in [3.05, 3.63) is 54.1 Å². The van der Waals surface area contributed by atoms with Crippen molar-refractivity contribution < 1.29 is 27.9 Å². The summed E-state index contributed by atoms with van der Waals surface area (Å²) >= 11 is 0. The van der Waals surface area contributed by atoms with Crippen LogP contribution < -0.4 is 25.8 Å². The molecule has 2 saturated heterocycles. The molecule has 4 amide bonds. The molecule has 2 aliphatic heterocycles. The maximum absolute atomic E-state index is 15.0. The SMILES string of the molecule is CC(=O)NC[C@H]1CN(c2cc(F)c(N3C[C@@H]4C(NC(=O)Nc5ccccc5)[C@@H]4C3)c(F)c2)C(=O)O1. The number of hydrogen-bond donors (Lipinski definition) is 3. The Morgan fingerprint density at radius 2 is 1.71 bits per heavy atom. The summed E-state index contributed by atoms with van der Waals surface area (Å²) in [5.74, 6) is -1.59. The number of carbonyl (C=O) groups is 3. The zero-order valence-corrected chi connectivity index (χ0v) is 19.0. The third kappa shape index (κ3) is 4.71. The van der Waals surface area contributed by atoms with Crippen LogP contribution in [0.5, 0.6) is 0 Å². The number of cyclic esters (lactones) is 1. The number of fused-ring (bicyclic) bond motifs is 1. The fourth-order valence-corrected chi connectivity index (χ4v) is 4.87. The van der Waals surface area contributed by atoms with Crippen LogP contribution in [0.2, 0.25) is 0 Å². The predicted molar refractivity (Wildman–Crippen MR) is 124 cm³/mol. The lowest BCUT2D eigenvalue weighted by Crippen LogP contribution is -2.37. The number of amides is 4. The molecule has 1 saturated carbocycles. The molecule has 2 heterocycles. The molecule has 3 N–H and O–H groups in total. The second kappa shape index (κ2) is 9.05. The van der Waals surface area contributed by atoms with Gasteiger partial charge in [0.25, 0.3) is 0 Å². The average Bonchev–Trinajstić information content (AvgIpc) is 3.12. The largest absolute Gasteiger partial charge is 0.442 e. The minimum atomic E-state index is -0.772. The molecule has 9 nitrogen and oxygen atoms in total. The number of carbonyl (C=O) groups excluding carboxylic acids is 3. The second-order valence-electron chi connectivity index (χ2n) is 9.03. The quantitative estimate of drug-likeness (QED) is 0.584. The molecule has 1 unspecified atom stereocenters. The first-order chi connectivity index (χ1) is 16.8. The molecule has 3 fully saturated rings. The topological polar surface area (TPSA) is 103 Å². The lowest BCUT2D eigenvalue weighted by Gasteiger charge is -2.24. The van der Waals surface area contributed by atoms with Gasteiger partial charge in [-0.15, -0.1) is 0 Å². The molecule has 35 heavy (non-hydrogen) atoms. The summed E-state index contributed by atoms with van der Waals surface area (Å²) < 4.78 is 35.1. The van der Waals surface area contributed by atoms with Gasteiger partial charge in [0.05, 0.1) is 18.8 Å². The maximum atomic E-state index is 15.0. The number of halogens is 2. The number of ether oxygens (including phenoxy) is 1. The number of rotatable bonds is 6. The molecular formula is C24H25F2N5O4. The van der Waals surface area contributed by atoms with Gasteiger partial charge in [-0.2, -0.15) is 0 Å². The third-order valence-corrected chi connectivity index (χ3v) is 6.61. The normalized spacial score (nSPS) is 24.6. The molecule has 11 heteroatoms. The van der Waals surface area contributed by atoms with Crippen LogP contribution in [0.25, 0.3) is 0 Å². The lowest BCUT2D eigenvalue weighted by atomic mass is 10.2. The second-order valence-corrected chi connectivity index (χ2v) is 9.03. The number of para-hydroxylation sites is 1. The van der Waals surface area contributed by atoms with Crippen molar-refractivity contribution in [2.75, 3.05) is 41.3 Å². The van der Waals surface area contributed by atoms with Gasteiger partial charge in [-0.05, 0) is 12.1 Å². The minimum absolute atomic E-state index is 0.0414. The van der Waals surface area contributed by atoms with Crippen LogP contribution in [0.15, 0.2) is 42.5 Å². The van der Waals surface area contributed by atoms with Crippen molar-refractivity contribution in [3.8, 4) is 0 Å². The van der Waals surface area contributed by atoms with E-state index in [1.165, 1.54) is 6.92 Å². The first-order valence-electron chi connectivity index (χ1n) is 11.4. The van der Waals surface area contributed by atoms with Crippen molar-refractivity contribution in [2.24, 2.45) is 11.8 Å². The van der Waals surface area contributed by atoms with E-state index < -0.39 is 23.8 Å². The highest BCUT2D eigenvalue weighted by Gasteiger charge is 2.57. The smallest absolute Gasteiger partial charge is 0.414 e. The molecule has 0 bridgehead atoms. The minimum Gasteiger partial charge on any atom is -0.442 e. The van der Waals surface area contributed by atoms with Gasteiger partial charge in [-0.1, -0.05) is 18.2 Å². The van der Waals surface area contributed by atoms with E-state index in [2.05, 4.69) is 16.0 Å². The number of nitrogens with zero attached hydrogens (tertiary/aromatic N) is 2. The summed E-state index contributed by atoms with van der Waals surface area (Å²) in [4.78, 5) is 38.3. The van der Waals surface area contributed by atoms with Gasteiger partial charge < -0.3 is 25.6 Å². The highest BCUT2D eigenvalue weighted by atomic mass is 19.1. The van der Waals surface area contributed by atoms with Gasteiger partial charge in [0, 0.05) is 55.7 Å². The fourth-order valence-electron chi connectivity index (χ4n) is 4.87. The molecule has 3 aliphatic rings. The Morgan fingerprint density at radius 1 is 1.06 bits per heavy atom. The molecule has 4 atom stereocenters. The molecule has 5 rings (SSSR count). The molecule has 2 aromatic rings.